The van der Waals surface area contributed by atoms with Gasteiger partial charge in [0.25, 0.3) is 11.2 Å². The summed E-state index contributed by atoms with van der Waals surface area (Å²) < 4.78 is 25.5. The lowest BCUT2D eigenvalue weighted by atomic mass is 10.2. The Labute approximate surface area is 192 Å². The zero-order valence-corrected chi connectivity index (χ0v) is 19.4. The third kappa shape index (κ3) is 4.32. The highest BCUT2D eigenvalue weighted by Gasteiger charge is 2.24. The van der Waals surface area contributed by atoms with Crippen molar-refractivity contribution >= 4 is 42.1 Å². The van der Waals surface area contributed by atoms with E-state index in [9.17, 15) is 23.3 Å². The molecular formula is C20H18N6O5S2. The molecule has 0 unspecified atom stereocenters. The summed E-state index contributed by atoms with van der Waals surface area (Å²) in [5.74, 6) is 0. The number of non-ortho nitro benzene ring substituents is 1. The second-order valence-electron chi connectivity index (χ2n) is 7.36. The van der Waals surface area contributed by atoms with Gasteiger partial charge in [0.15, 0.2) is 15.0 Å². The highest BCUT2D eigenvalue weighted by molar-refractivity contribution is 7.90. The van der Waals surface area contributed by atoms with Gasteiger partial charge in [-0.2, -0.15) is 4.98 Å². The largest absolute Gasteiger partial charge is 0.343 e. The van der Waals surface area contributed by atoms with Crippen molar-refractivity contribution in [2.24, 2.45) is 0 Å². The summed E-state index contributed by atoms with van der Waals surface area (Å²) in [6, 6.07) is 11.1. The van der Waals surface area contributed by atoms with Gasteiger partial charge in [-0.1, -0.05) is 34.7 Å². The van der Waals surface area contributed by atoms with Gasteiger partial charge in [0.2, 0.25) is 0 Å². The van der Waals surface area contributed by atoms with Crippen molar-refractivity contribution in [3.63, 3.8) is 0 Å². The van der Waals surface area contributed by atoms with E-state index in [4.69, 9.17) is 0 Å². The van der Waals surface area contributed by atoms with Crippen LogP contribution in [0, 0.1) is 10.1 Å². The van der Waals surface area contributed by atoms with Gasteiger partial charge < -0.3 is 4.90 Å². The van der Waals surface area contributed by atoms with Gasteiger partial charge in [-0.15, -0.1) is 5.10 Å². The Morgan fingerprint density at radius 1 is 1.21 bits per heavy atom. The smallest absolute Gasteiger partial charge is 0.288 e. The summed E-state index contributed by atoms with van der Waals surface area (Å²) in [6.45, 7) is 1.84. The molecule has 2 aromatic carbocycles. The van der Waals surface area contributed by atoms with Crippen molar-refractivity contribution in [1.29, 1.82) is 0 Å². The van der Waals surface area contributed by atoms with Gasteiger partial charge >= 0.3 is 0 Å². The molecule has 1 atom stereocenters. The number of anilines is 1. The minimum absolute atomic E-state index is 0.0504. The molecule has 4 aromatic rings. The number of benzene rings is 2. The molecule has 13 heteroatoms. The van der Waals surface area contributed by atoms with E-state index in [1.165, 1.54) is 0 Å². The van der Waals surface area contributed by atoms with Crippen LogP contribution in [0.2, 0.25) is 0 Å². The highest BCUT2D eigenvalue weighted by Crippen LogP contribution is 2.35. The Hall–Kier alpha value is -3.71. The molecular weight excluding hydrogens is 468 g/mol. The molecule has 0 radical (unpaired) electrons. The molecule has 0 fully saturated rings. The van der Waals surface area contributed by atoms with Gasteiger partial charge in [-0.3, -0.25) is 14.9 Å². The van der Waals surface area contributed by atoms with Crippen LogP contribution in [0.1, 0.15) is 18.7 Å². The molecule has 0 amide bonds. The van der Waals surface area contributed by atoms with Crippen LogP contribution >= 0.6 is 11.3 Å². The Morgan fingerprint density at radius 3 is 2.55 bits per heavy atom. The number of hydrogen-bond acceptors (Lipinski definition) is 10. The van der Waals surface area contributed by atoms with E-state index >= 15 is 0 Å². The molecule has 0 aliphatic carbocycles. The van der Waals surface area contributed by atoms with Crippen LogP contribution in [0.25, 0.3) is 15.8 Å². The predicted octanol–water partition coefficient (Wildman–Crippen LogP) is 2.75. The minimum Gasteiger partial charge on any atom is -0.343 e. The Bertz CT molecular complexity index is 1530. The summed E-state index contributed by atoms with van der Waals surface area (Å²) in [5, 5.41) is 20.1. The summed E-state index contributed by atoms with van der Waals surface area (Å²) in [5.41, 5.74) is 0.218. The summed E-state index contributed by atoms with van der Waals surface area (Å²) >= 11 is 0.933. The first kappa shape index (κ1) is 22.5. The standard InChI is InChI=1S/C20H18N6O5S2/c1-12(16-11-25(23-22-16)13-7-5-4-6-8-13)24(2)20-21-19(27)15-9-14(33(3,30)31)10-17(26(28)29)18(15)32-20/h4-12H,1-3H3/t12-/m1/s1. The second-order valence-corrected chi connectivity index (χ2v) is 10.4. The average Bonchev–Trinajstić information content (AvgIpc) is 3.27. The van der Waals surface area contributed by atoms with Gasteiger partial charge in [-0.25, -0.2) is 13.1 Å². The molecule has 0 saturated heterocycles. The number of nitro groups is 1. The molecule has 4 rings (SSSR count). The van der Waals surface area contributed by atoms with Crippen LogP contribution in [-0.4, -0.2) is 46.6 Å². The zero-order chi connectivity index (χ0) is 23.9. The van der Waals surface area contributed by atoms with E-state index < -0.39 is 26.0 Å². The molecule has 0 aliphatic heterocycles. The number of hydrogen-bond donors (Lipinski definition) is 0. The first-order chi connectivity index (χ1) is 15.6. The summed E-state index contributed by atoms with van der Waals surface area (Å²) in [4.78, 5) is 29.1. The number of nitro benzene ring substituents is 1. The Morgan fingerprint density at radius 2 is 1.91 bits per heavy atom. The molecule has 11 nitrogen and oxygen atoms in total. The van der Waals surface area contributed by atoms with E-state index in [0.717, 1.165) is 35.4 Å². The maximum absolute atomic E-state index is 12.7. The quantitative estimate of drug-likeness (QED) is 0.297. The molecule has 2 aromatic heterocycles. The number of para-hydroxylation sites is 1. The first-order valence-corrected chi connectivity index (χ1v) is 12.3. The van der Waals surface area contributed by atoms with E-state index in [1.54, 1.807) is 22.8 Å². The monoisotopic (exact) mass is 486 g/mol. The fourth-order valence-electron chi connectivity index (χ4n) is 3.15. The molecule has 0 aliphatic rings. The SMILES string of the molecule is C[C@H](c1cn(-c2ccccc2)nn1)N(C)c1nc(=O)c2cc(S(C)(=O)=O)cc([N+](=O)[O-])c2s1. The fourth-order valence-corrected chi connectivity index (χ4v) is 4.92. The fraction of sp³-hybridized carbons (Fsp3) is 0.200. The normalized spacial score (nSPS) is 12.6. The lowest BCUT2D eigenvalue weighted by Crippen LogP contribution is -2.24. The maximum Gasteiger partial charge on any atom is 0.288 e. The summed E-state index contributed by atoms with van der Waals surface area (Å²) in [6.07, 6.45) is 2.67. The van der Waals surface area contributed by atoms with E-state index in [1.807, 2.05) is 37.3 Å². The van der Waals surface area contributed by atoms with Gasteiger partial charge in [0, 0.05) is 19.4 Å². The third-order valence-electron chi connectivity index (χ3n) is 5.13. The first-order valence-electron chi connectivity index (χ1n) is 9.60. The number of fused-ring (bicyclic) bond motifs is 1. The maximum atomic E-state index is 12.7. The second kappa shape index (κ2) is 8.33. The average molecular weight is 487 g/mol. The third-order valence-corrected chi connectivity index (χ3v) is 7.42. The molecule has 0 spiro atoms. The van der Waals surface area contributed by atoms with E-state index in [0.29, 0.717) is 5.69 Å². The van der Waals surface area contributed by atoms with Crippen molar-refractivity contribution in [2.45, 2.75) is 17.9 Å². The lowest BCUT2D eigenvalue weighted by Gasteiger charge is -2.23. The zero-order valence-electron chi connectivity index (χ0n) is 17.7. The van der Waals surface area contributed by atoms with Crippen molar-refractivity contribution in [2.75, 3.05) is 18.2 Å². The molecule has 2 heterocycles. The minimum atomic E-state index is -3.76. The number of rotatable bonds is 6. The van der Waals surface area contributed by atoms with Crippen LogP contribution in [0.15, 0.2) is 58.4 Å². The van der Waals surface area contributed by atoms with Gasteiger partial charge in [-0.05, 0) is 25.1 Å². The van der Waals surface area contributed by atoms with Crippen LogP contribution in [-0.2, 0) is 9.84 Å². The van der Waals surface area contributed by atoms with E-state index in [2.05, 4.69) is 15.3 Å². The Balaban J connectivity index is 1.77. The van der Waals surface area contributed by atoms with Gasteiger partial charge in [0.1, 0.15) is 10.4 Å². The van der Waals surface area contributed by atoms with Crippen molar-refractivity contribution in [3.05, 3.63) is 74.8 Å². The number of nitrogens with zero attached hydrogens (tertiary/aromatic N) is 6. The van der Waals surface area contributed by atoms with Crippen LogP contribution in [0.5, 0.6) is 0 Å². The van der Waals surface area contributed by atoms with Gasteiger partial charge in [0.05, 0.1) is 33.1 Å². The topological polar surface area (TPSA) is 141 Å². The van der Waals surface area contributed by atoms with Crippen molar-refractivity contribution < 1.29 is 13.3 Å². The number of sulfone groups is 1. The molecule has 33 heavy (non-hydrogen) atoms. The molecule has 170 valence electrons. The Kier molecular flexibility index (Phi) is 5.68. The number of aromatic nitrogens is 4. The van der Waals surface area contributed by atoms with Crippen LogP contribution < -0.4 is 10.5 Å². The van der Waals surface area contributed by atoms with Crippen LogP contribution in [0.4, 0.5) is 10.8 Å². The van der Waals surface area contributed by atoms with E-state index in [-0.39, 0.29) is 26.2 Å². The molecule has 0 saturated carbocycles. The van der Waals surface area contributed by atoms with Crippen LogP contribution in [0.3, 0.4) is 0 Å². The predicted molar refractivity (Wildman–Crippen MR) is 124 cm³/mol. The lowest BCUT2D eigenvalue weighted by molar-refractivity contribution is -0.383. The van der Waals surface area contributed by atoms with Crippen molar-refractivity contribution in [3.8, 4) is 5.69 Å². The summed E-state index contributed by atoms with van der Waals surface area (Å²) in [7, 11) is -2.07. The molecule has 0 bridgehead atoms. The van der Waals surface area contributed by atoms with Crippen molar-refractivity contribution in [1.82, 2.24) is 20.0 Å². The molecule has 0 N–H and O–H groups in total. The highest BCUT2D eigenvalue weighted by atomic mass is 32.2.